The zero-order valence-electron chi connectivity index (χ0n) is 12.0. The van der Waals surface area contributed by atoms with Crippen LogP contribution < -0.4 is 16.8 Å². The van der Waals surface area contributed by atoms with Crippen molar-refractivity contribution in [1.82, 2.24) is 5.32 Å². The summed E-state index contributed by atoms with van der Waals surface area (Å²) in [4.78, 5) is 23.3. The molecule has 0 bridgehead atoms. The van der Waals surface area contributed by atoms with Crippen molar-refractivity contribution in [2.24, 2.45) is 11.5 Å². The van der Waals surface area contributed by atoms with Crippen LogP contribution in [0.5, 0.6) is 0 Å². The van der Waals surface area contributed by atoms with E-state index in [-0.39, 0.29) is 12.0 Å². The van der Waals surface area contributed by atoms with Gasteiger partial charge in [0.25, 0.3) is 0 Å². The van der Waals surface area contributed by atoms with Crippen LogP contribution in [0.1, 0.15) is 25.3 Å². The average molecular weight is 291 g/mol. The molecule has 1 heterocycles. The maximum Gasteiger partial charge on any atom is 0.246 e. The maximum absolute atomic E-state index is 12.3. The van der Waals surface area contributed by atoms with Gasteiger partial charge in [-0.15, -0.1) is 0 Å². The quantitative estimate of drug-likeness (QED) is 0.710. The number of hydrogen-bond donors (Lipinski definition) is 3. The molecule has 3 atom stereocenters. The molecule has 1 saturated heterocycles. The van der Waals surface area contributed by atoms with Gasteiger partial charge in [0, 0.05) is 6.54 Å². The number of benzene rings is 1. The lowest BCUT2D eigenvalue weighted by Gasteiger charge is -2.25. The van der Waals surface area contributed by atoms with E-state index in [2.05, 4.69) is 5.32 Å². The Morgan fingerprint density at radius 3 is 2.57 bits per heavy atom. The van der Waals surface area contributed by atoms with Gasteiger partial charge in [-0.1, -0.05) is 30.3 Å². The predicted octanol–water partition coefficient (Wildman–Crippen LogP) is 0.00960. The molecule has 6 heteroatoms. The van der Waals surface area contributed by atoms with Gasteiger partial charge < -0.3 is 21.5 Å². The van der Waals surface area contributed by atoms with Crippen molar-refractivity contribution < 1.29 is 14.3 Å². The van der Waals surface area contributed by atoms with E-state index in [1.807, 2.05) is 30.3 Å². The first kappa shape index (κ1) is 15.5. The number of amides is 2. The Kier molecular flexibility index (Phi) is 4.59. The molecular formula is C15H21N3O3. The molecule has 3 unspecified atom stereocenters. The predicted molar refractivity (Wildman–Crippen MR) is 78.1 cm³/mol. The third-order valence-corrected chi connectivity index (χ3v) is 3.76. The molecule has 0 spiro atoms. The van der Waals surface area contributed by atoms with E-state index in [0.29, 0.717) is 19.4 Å². The van der Waals surface area contributed by atoms with Crippen LogP contribution in [0.2, 0.25) is 0 Å². The molecule has 0 saturated carbocycles. The molecule has 114 valence electrons. The van der Waals surface area contributed by atoms with Crippen LogP contribution >= 0.6 is 0 Å². The van der Waals surface area contributed by atoms with Crippen molar-refractivity contribution in [2.75, 3.05) is 6.54 Å². The highest BCUT2D eigenvalue weighted by molar-refractivity contribution is 5.87. The third kappa shape index (κ3) is 3.59. The lowest BCUT2D eigenvalue weighted by atomic mass is 9.92. The van der Waals surface area contributed by atoms with Gasteiger partial charge in [0.15, 0.2) is 0 Å². The Balaban J connectivity index is 1.89. The number of primary amides is 1. The van der Waals surface area contributed by atoms with Gasteiger partial charge in [0.2, 0.25) is 11.8 Å². The van der Waals surface area contributed by atoms with Gasteiger partial charge in [-0.2, -0.15) is 0 Å². The van der Waals surface area contributed by atoms with Crippen LogP contribution in [-0.4, -0.2) is 30.6 Å². The number of hydrogen-bond acceptors (Lipinski definition) is 4. The first-order valence-electron chi connectivity index (χ1n) is 6.98. The molecule has 0 radical (unpaired) electrons. The molecule has 1 aromatic rings. The fourth-order valence-corrected chi connectivity index (χ4v) is 2.37. The fourth-order valence-electron chi connectivity index (χ4n) is 2.37. The number of carbonyl (C=O) groups excluding carboxylic acids is 2. The van der Waals surface area contributed by atoms with Gasteiger partial charge in [-0.25, -0.2) is 0 Å². The summed E-state index contributed by atoms with van der Waals surface area (Å²) >= 11 is 0. The molecule has 2 rings (SSSR count). The Morgan fingerprint density at radius 1 is 1.33 bits per heavy atom. The van der Waals surface area contributed by atoms with Crippen LogP contribution in [-0.2, 0) is 19.9 Å². The fraction of sp³-hybridized carbons (Fsp3) is 0.467. The summed E-state index contributed by atoms with van der Waals surface area (Å²) in [6.45, 7) is 1.99. The van der Waals surface area contributed by atoms with Gasteiger partial charge >= 0.3 is 0 Å². The molecule has 1 aromatic carbocycles. The van der Waals surface area contributed by atoms with E-state index in [1.54, 1.807) is 6.92 Å². The number of carbonyl (C=O) groups is 2. The largest absolute Gasteiger partial charge is 0.367 e. The van der Waals surface area contributed by atoms with E-state index in [9.17, 15) is 9.59 Å². The van der Waals surface area contributed by atoms with Crippen molar-refractivity contribution in [3.05, 3.63) is 35.9 Å². The van der Waals surface area contributed by atoms with E-state index in [4.69, 9.17) is 16.2 Å². The van der Waals surface area contributed by atoms with E-state index in [1.165, 1.54) is 0 Å². The van der Waals surface area contributed by atoms with Crippen LogP contribution in [0.25, 0.3) is 0 Å². The van der Waals surface area contributed by atoms with Gasteiger partial charge in [-0.3, -0.25) is 9.59 Å². The summed E-state index contributed by atoms with van der Waals surface area (Å²) in [5, 5.41) is 2.78. The van der Waals surface area contributed by atoms with Crippen LogP contribution in [0, 0.1) is 0 Å². The molecule has 21 heavy (non-hydrogen) atoms. The van der Waals surface area contributed by atoms with Gasteiger partial charge in [0.1, 0.15) is 11.6 Å². The summed E-state index contributed by atoms with van der Waals surface area (Å²) in [6, 6.07) is 9.17. The van der Waals surface area contributed by atoms with Crippen molar-refractivity contribution in [3.63, 3.8) is 0 Å². The molecular weight excluding hydrogens is 270 g/mol. The third-order valence-electron chi connectivity index (χ3n) is 3.76. The minimum atomic E-state index is -1.11. The Morgan fingerprint density at radius 2 is 2.00 bits per heavy atom. The number of rotatable bonds is 5. The van der Waals surface area contributed by atoms with Crippen molar-refractivity contribution in [1.29, 1.82) is 0 Å². The molecule has 1 aliphatic rings. The summed E-state index contributed by atoms with van der Waals surface area (Å²) in [7, 11) is 0. The van der Waals surface area contributed by atoms with Crippen molar-refractivity contribution >= 4 is 11.8 Å². The Bertz CT molecular complexity index is 516. The first-order valence-corrected chi connectivity index (χ1v) is 6.98. The molecule has 2 amide bonds. The summed E-state index contributed by atoms with van der Waals surface area (Å²) in [5.41, 5.74) is 10.9. The minimum absolute atomic E-state index is 0.196. The highest BCUT2D eigenvalue weighted by Gasteiger charge is 2.33. The second-order valence-electron chi connectivity index (χ2n) is 5.50. The highest BCUT2D eigenvalue weighted by Crippen LogP contribution is 2.20. The van der Waals surface area contributed by atoms with E-state index in [0.717, 1.165) is 5.56 Å². The van der Waals surface area contributed by atoms with Crippen molar-refractivity contribution in [2.45, 2.75) is 37.5 Å². The van der Waals surface area contributed by atoms with E-state index >= 15 is 0 Å². The molecule has 1 aliphatic heterocycles. The zero-order valence-corrected chi connectivity index (χ0v) is 12.0. The van der Waals surface area contributed by atoms with Crippen molar-refractivity contribution in [3.8, 4) is 0 Å². The molecule has 0 aliphatic carbocycles. The zero-order chi connectivity index (χ0) is 15.5. The lowest BCUT2D eigenvalue weighted by molar-refractivity contribution is -0.129. The van der Waals surface area contributed by atoms with E-state index < -0.39 is 17.6 Å². The molecule has 0 aromatic heterocycles. The second kappa shape index (κ2) is 6.24. The number of nitrogens with two attached hydrogens (primary N) is 2. The second-order valence-corrected chi connectivity index (χ2v) is 5.50. The number of ether oxygens (including phenoxy) is 1. The molecule has 5 N–H and O–H groups in total. The maximum atomic E-state index is 12.3. The SMILES string of the molecule is CC(N)(C(=O)NCC1CCC(C(N)=O)O1)c1ccccc1. The van der Waals surface area contributed by atoms with Gasteiger partial charge in [-0.05, 0) is 25.3 Å². The average Bonchev–Trinajstić information content (AvgIpc) is 2.94. The smallest absolute Gasteiger partial charge is 0.246 e. The van der Waals surface area contributed by atoms with Crippen LogP contribution in [0.3, 0.4) is 0 Å². The Labute approximate surface area is 123 Å². The molecule has 1 fully saturated rings. The number of nitrogens with one attached hydrogen (secondary N) is 1. The topological polar surface area (TPSA) is 107 Å². The molecule has 6 nitrogen and oxygen atoms in total. The summed E-state index contributed by atoms with van der Waals surface area (Å²) in [6.07, 6.45) is 0.540. The monoisotopic (exact) mass is 291 g/mol. The highest BCUT2D eigenvalue weighted by atomic mass is 16.5. The standard InChI is InChI=1S/C15H21N3O3/c1-15(17,10-5-3-2-4-6-10)14(20)18-9-11-7-8-12(21-11)13(16)19/h2-6,11-12H,7-9,17H2,1H3,(H2,16,19)(H,18,20). The lowest BCUT2D eigenvalue weighted by Crippen LogP contribution is -2.50. The van der Waals surface area contributed by atoms with Gasteiger partial charge in [0.05, 0.1) is 6.10 Å². The summed E-state index contributed by atoms with van der Waals surface area (Å²) in [5.74, 6) is -0.739. The normalized spacial score (nSPS) is 24.3. The van der Waals surface area contributed by atoms with Crippen LogP contribution in [0.4, 0.5) is 0 Å². The van der Waals surface area contributed by atoms with Crippen LogP contribution in [0.15, 0.2) is 30.3 Å². The minimum Gasteiger partial charge on any atom is -0.367 e. The first-order chi connectivity index (χ1) is 9.91. The Hall–Kier alpha value is -1.92. The summed E-state index contributed by atoms with van der Waals surface area (Å²) < 4.78 is 5.46.